The van der Waals surface area contributed by atoms with E-state index in [-0.39, 0.29) is 10.9 Å². The molecular formula is C12H17N5OS. The van der Waals surface area contributed by atoms with Crippen LogP contribution in [0.2, 0.25) is 0 Å². The van der Waals surface area contributed by atoms with Crippen LogP contribution in [-0.2, 0) is 4.79 Å². The van der Waals surface area contributed by atoms with E-state index in [1.54, 1.807) is 6.20 Å². The number of carbonyl (C=O) groups excluding carboxylic acids is 1. The Balaban J connectivity index is 1.85. The van der Waals surface area contributed by atoms with Crippen molar-refractivity contribution >= 4 is 28.9 Å². The molecule has 102 valence electrons. The minimum absolute atomic E-state index is 0.172. The van der Waals surface area contributed by atoms with Crippen LogP contribution >= 0.6 is 12.2 Å². The summed E-state index contributed by atoms with van der Waals surface area (Å²) >= 11 is 4.90. The van der Waals surface area contributed by atoms with Crippen LogP contribution in [0.5, 0.6) is 0 Å². The van der Waals surface area contributed by atoms with Crippen LogP contribution in [0.4, 0.5) is 5.82 Å². The maximum atomic E-state index is 11.9. The fraction of sp³-hybridized carbons (Fsp3) is 0.500. The highest BCUT2D eigenvalue weighted by atomic mass is 32.1. The number of amides is 1. The van der Waals surface area contributed by atoms with Gasteiger partial charge in [-0.2, -0.15) is 0 Å². The Morgan fingerprint density at radius 3 is 2.74 bits per heavy atom. The molecule has 0 unspecified atom stereocenters. The summed E-state index contributed by atoms with van der Waals surface area (Å²) in [4.78, 5) is 22.1. The van der Waals surface area contributed by atoms with Gasteiger partial charge in [-0.15, -0.1) is 0 Å². The molecule has 2 heterocycles. The molecule has 3 N–H and O–H groups in total. The number of rotatable bonds is 5. The van der Waals surface area contributed by atoms with Crippen LogP contribution in [0, 0.1) is 0 Å². The highest BCUT2D eigenvalue weighted by Gasteiger charge is 2.17. The number of hydrogen-bond donors (Lipinski definition) is 2. The van der Waals surface area contributed by atoms with Crippen LogP contribution in [0.15, 0.2) is 12.4 Å². The molecule has 1 saturated heterocycles. The second-order valence-corrected chi connectivity index (χ2v) is 4.82. The van der Waals surface area contributed by atoms with Crippen LogP contribution in [-0.4, -0.2) is 45.4 Å². The van der Waals surface area contributed by atoms with Crippen molar-refractivity contribution in [3.63, 3.8) is 0 Å². The van der Waals surface area contributed by atoms with Gasteiger partial charge in [-0.05, 0) is 12.8 Å². The van der Waals surface area contributed by atoms with E-state index in [1.807, 2.05) is 4.90 Å². The summed E-state index contributed by atoms with van der Waals surface area (Å²) in [6.07, 6.45) is 5.75. The zero-order valence-electron chi connectivity index (χ0n) is 10.6. The number of likely N-dealkylation sites (tertiary alicyclic amines) is 1. The predicted octanol–water partition coefficient (Wildman–Crippen LogP) is 0.535. The van der Waals surface area contributed by atoms with Crippen LogP contribution in [0.1, 0.15) is 25.0 Å². The number of nitrogens with one attached hydrogen (secondary N) is 1. The zero-order chi connectivity index (χ0) is 13.7. The molecule has 0 radical (unpaired) electrons. The van der Waals surface area contributed by atoms with Gasteiger partial charge in [0.2, 0.25) is 5.91 Å². The first-order valence-electron chi connectivity index (χ1n) is 6.31. The lowest BCUT2D eigenvalue weighted by Gasteiger charge is -2.15. The minimum Gasteiger partial charge on any atom is -0.388 e. The number of nitrogens with two attached hydrogens (primary N) is 1. The van der Waals surface area contributed by atoms with E-state index in [9.17, 15) is 4.79 Å². The van der Waals surface area contributed by atoms with Crippen LogP contribution < -0.4 is 11.1 Å². The summed E-state index contributed by atoms with van der Waals surface area (Å²) in [5.74, 6) is 0.704. The molecule has 2 rings (SSSR count). The average molecular weight is 279 g/mol. The van der Waals surface area contributed by atoms with Crippen molar-refractivity contribution in [1.82, 2.24) is 14.9 Å². The topological polar surface area (TPSA) is 84.1 Å². The normalized spacial score (nSPS) is 14.4. The fourth-order valence-electron chi connectivity index (χ4n) is 2.06. The molecule has 1 fully saturated rings. The molecule has 7 heteroatoms. The Morgan fingerprint density at radius 1 is 1.37 bits per heavy atom. The second kappa shape index (κ2) is 6.42. The number of aromatic nitrogens is 2. The molecule has 0 spiro atoms. The van der Waals surface area contributed by atoms with Crippen molar-refractivity contribution in [1.29, 1.82) is 0 Å². The second-order valence-electron chi connectivity index (χ2n) is 4.38. The molecule has 0 saturated carbocycles. The molecule has 6 nitrogen and oxygen atoms in total. The molecule has 0 bridgehead atoms. The van der Waals surface area contributed by atoms with Gasteiger partial charge in [0.15, 0.2) is 5.82 Å². The minimum atomic E-state index is 0.172. The van der Waals surface area contributed by atoms with Crippen molar-refractivity contribution in [3.05, 3.63) is 18.1 Å². The van der Waals surface area contributed by atoms with Gasteiger partial charge < -0.3 is 16.0 Å². The first-order chi connectivity index (χ1) is 9.18. The van der Waals surface area contributed by atoms with Gasteiger partial charge in [0.1, 0.15) is 10.7 Å². The van der Waals surface area contributed by atoms with Gasteiger partial charge in [0.05, 0.1) is 0 Å². The Hall–Kier alpha value is -1.76. The zero-order valence-corrected chi connectivity index (χ0v) is 11.4. The molecule has 0 atom stereocenters. The van der Waals surface area contributed by atoms with Gasteiger partial charge in [-0.1, -0.05) is 12.2 Å². The van der Waals surface area contributed by atoms with Gasteiger partial charge in [-0.25, -0.2) is 9.97 Å². The molecular weight excluding hydrogens is 262 g/mol. The van der Waals surface area contributed by atoms with Crippen LogP contribution in [0.25, 0.3) is 0 Å². The number of thiocarbonyl (C=S) groups is 1. The SMILES string of the molecule is NC(=S)c1nccnc1NCCC(=O)N1CCCC1. The Labute approximate surface area is 117 Å². The van der Waals surface area contributed by atoms with Gasteiger partial charge in [0, 0.05) is 38.4 Å². The van der Waals surface area contributed by atoms with E-state index in [0.717, 1.165) is 25.9 Å². The van der Waals surface area contributed by atoms with Crippen molar-refractivity contribution < 1.29 is 4.79 Å². The first kappa shape index (κ1) is 13.7. The third kappa shape index (κ3) is 3.60. The van der Waals surface area contributed by atoms with Gasteiger partial charge >= 0.3 is 0 Å². The summed E-state index contributed by atoms with van der Waals surface area (Å²) < 4.78 is 0. The monoisotopic (exact) mass is 279 g/mol. The van der Waals surface area contributed by atoms with Crippen molar-refractivity contribution in [3.8, 4) is 0 Å². The summed E-state index contributed by atoms with van der Waals surface area (Å²) in [5, 5.41) is 3.06. The first-order valence-corrected chi connectivity index (χ1v) is 6.72. The maximum absolute atomic E-state index is 11.9. The summed E-state index contributed by atoms with van der Waals surface area (Å²) in [6.45, 7) is 2.26. The smallest absolute Gasteiger partial charge is 0.224 e. The third-order valence-corrected chi connectivity index (χ3v) is 3.22. The van der Waals surface area contributed by atoms with E-state index in [0.29, 0.717) is 24.5 Å². The lowest BCUT2D eigenvalue weighted by molar-refractivity contribution is -0.129. The third-order valence-electron chi connectivity index (χ3n) is 3.02. The molecule has 19 heavy (non-hydrogen) atoms. The summed E-state index contributed by atoms with van der Waals surface area (Å²) in [7, 11) is 0. The fourth-order valence-corrected chi connectivity index (χ4v) is 2.21. The molecule has 1 amide bonds. The highest BCUT2D eigenvalue weighted by Crippen LogP contribution is 2.10. The molecule has 1 aromatic heterocycles. The van der Waals surface area contributed by atoms with E-state index in [2.05, 4.69) is 15.3 Å². The lowest BCUT2D eigenvalue weighted by atomic mass is 10.3. The van der Waals surface area contributed by atoms with Crippen molar-refractivity contribution in [2.75, 3.05) is 25.0 Å². The molecule has 1 aliphatic heterocycles. The predicted molar refractivity (Wildman–Crippen MR) is 76.8 cm³/mol. The molecule has 1 aliphatic rings. The largest absolute Gasteiger partial charge is 0.388 e. The van der Waals surface area contributed by atoms with E-state index in [1.165, 1.54) is 6.20 Å². The number of anilines is 1. The average Bonchev–Trinajstić information content (AvgIpc) is 2.93. The van der Waals surface area contributed by atoms with Crippen LogP contribution in [0.3, 0.4) is 0 Å². The number of carbonyl (C=O) groups is 1. The van der Waals surface area contributed by atoms with Crippen molar-refractivity contribution in [2.24, 2.45) is 5.73 Å². The highest BCUT2D eigenvalue weighted by molar-refractivity contribution is 7.80. The Kier molecular flexibility index (Phi) is 4.62. The van der Waals surface area contributed by atoms with E-state index >= 15 is 0 Å². The quantitative estimate of drug-likeness (QED) is 0.765. The van der Waals surface area contributed by atoms with Crippen molar-refractivity contribution in [2.45, 2.75) is 19.3 Å². The lowest BCUT2D eigenvalue weighted by Crippen LogP contribution is -2.29. The van der Waals surface area contributed by atoms with E-state index in [4.69, 9.17) is 18.0 Å². The van der Waals surface area contributed by atoms with Gasteiger partial charge in [-0.3, -0.25) is 4.79 Å². The standard InChI is InChI=1S/C12H17N5OS/c13-11(19)10-12(16-6-5-14-10)15-4-3-9(18)17-7-1-2-8-17/h5-6H,1-4,7-8H2,(H2,13,19)(H,15,16). The number of nitrogens with zero attached hydrogens (tertiary/aromatic N) is 3. The Bertz CT molecular complexity index is 473. The van der Waals surface area contributed by atoms with E-state index < -0.39 is 0 Å². The summed E-state index contributed by atoms with van der Waals surface area (Å²) in [5.41, 5.74) is 6.02. The Morgan fingerprint density at radius 2 is 2.05 bits per heavy atom. The number of hydrogen-bond acceptors (Lipinski definition) is 5. The molecule has 0 aliphatic carbocycles. The molecule has 0 aromatic carbocycles. The molecule has 1 aromatic rings. The van der Waals surface area contributed by atoms with Gasteiger partial charge in [0.25, 0.3) is 0 Å². The maximum Gasteiger partial charge on any atom is 0.224 e. The summed E-state index contributed by atoms with van der Waals surface area (Å²) in [6, 6.07) is 0.